The van der Waals surface area contributed by atoms with Crippen molar-refractivity contribution in [2.45, 2.75) is 6.54 Å². The largest absolute Gasteiger partial charge is 0.449 e. The Bertz CT molecular complexity index is 798. The number of nitrogens with zero attached hydrogens (tertiary/aromatic N) is 5. The molecule has 1 aromatic carbocycles. The molecular weight excluding hydrogens is 268 g/mol. The Morgan fingerprint density at radius 3 is 2.95 bits per heavy atom. The molecule has 0 aliphatic heterocycles. The number of benzene rings is 1. The van der Waals surface area contributed by atoms with Gasteiger partial charge >= 0.3 is 0 Å². The van der Waals surface area contributed by atoms with E-state index in [1.807, 2.05) is 30.3 Å². The van der Waals surface area contributed by atoms with Crippen molar-refractivity contribution in [1.82, 2.24) is 20.2 Å². The van der Waals surface area contributed by atoms with Crippen LogP contribution in [0, 0.1) is 11.3 Å². The number of anilines is 1. The standard InChI is InChI=1S/C14H12N6O/c1-20-14(17-18-19-20)10-3-2-4-11(7-10)16-9-13-6-5-12(8-15)21-13/h2-7,16H,9H2,1H3. The molecule has 7 nitrogen and oxygen atoms in total. The van der Waals surface area contributed by atoms with E-state index < -0.39 is 0 Å². The first-order valence-corrected chi connectivity index (χ1v) is 6.32. The fraction of sp³-hybridized carbons (Fsp3) is 0.143. The summed E-state index contributed by atoms with van der Waals surface area (Å²) in [5.74, 6) is 1.71. The lowest BCUT2D eigenvalue weighted by Crippen LogP contribution is -1.99. The molecule has 3 aromatic rings. The number of tetrazole rings is 1. The normalized spacial score (nSPS) is 10.3. The quantitative estimate of drug-likeness (QED) is 0.785. The van der Waals surface area contributed by atoms with Gasteiger partial charge in [-0.1, -0.05) is 12.1 Å². The molecule has 2 heterocycles. The first-order chi connectivity index (χ1) is 10.3. The van der Waals surface area contributed by atoms with Crippen LogP contribution in [0.5, 0.6) is 0 Å². The lowest BCUT2D eigenvalue weighted by molar-refractivity contribution is 0.506. The minimum atomic E-state index is 0.311. The Balaban J connectivity index is 1.75. The summed E-state index contributed by atoms with van der Waals surface area (Å²) in [5.41, 5.74) is 1.84. The number of aryl methyl sites for hydroxylation is 1. The first kappa shape index (κ1) is 12.9. The molecule has 2 aromatic heterocycles. The molecule has 3 rings (SSSR count). The molecule has 1 N–H and O–H groups in total. The maximum absolute atomic E-state index is 8.72. The Kier molecular flexibility index (Phi) is 3.35. The van der Waals surface area contributed by atoms with Crippen molar-refractivity contribution in [1.29, 1.82) is 5.26 Å². The molecule has 0 radical (unpaired) electrons. The van der Waals surface area contributed by atoms with E-state index in [0.717, 1.165) is 11.3 Å². The molecule has 0 fully saturated rings. The molecule has 0 saturated carbocycles. The maximum Gasteiger partial charge on any atom is 0.203 e. The van der Waals surface area contributed by atoms with Crippen molar-refractivity contribution in [3.63, 3.8) is 0 Å². The predicted molar refractivity (Wildman–Crippen MR) is 75.0 cm³/mol. The highest BCUT2D eigenvalue weighted by atomic mass is 16.3. The summed E-state index contributed by atoms with van der Waals surface area (Å²) in [7, 11) is 1.79. The molecule has 21 heavy (non-hydrogen) atoms. The third-order valence-corrected chi connectivity index (χ3v) is 2.98. The van der Waals surface area contributed by atoms with Crippen molar-refractivity contribution in [2.75, 3.05) is 5.32 Å². The average molecular weight is 280 g/mol. The van der Waals surface area contributed by atoms with Crippen molar-refractivity contribution >= 4 is 5.69 Å². The Hall–Kier alpha value is -3.14. The van der Waals surface area contributed by atoms with Gasteiger partial charge in [-0.2, -0.15) is 5.26 Å². The van der Waals surface area contributed by atoms with Crippen LogP contribution < -0.4 is 5.32 Å². The summed E-state index contributed by atoms with van der Waals surface area (Å²) in [5, 5.41) is 23.4. The van der Waals surface area contributed by atoms with Gasteiger partial charge in [0.25, 0.3) is 0 Å². The van der Waals surface area contributed by atoms with Crippen LogP contribution in [0.25, 0.3) is 11.4 Å². The van der Waals surface area contributed by atoms with Crippen LogP contribution in [0.15, 0.2) is 40.8 Å². The highest BCUT2D eigenvalue weighted by molar-refractivity contribution is 5.62. The van der Waals surface area contributed by atoms with E-state index in [2.05, 4.69) is 20.8 Å². The third kappa shape index (κ3) is 2.74. The van der Waals surface area contributed by atoms with Crippen LogP contribution in [0.1, 0.15) is 11.5 Å². The zero-order valence-corrected chi connectivity index (χ0v) is 11.3. The van der Waals surface area contributed by atoms with Gasteiger partial charge in [0, 0.05) is 18.3 Å². The van der Waals surface area contributed by atoms with E-state index in [9.17, 15) is 0 Å². The first-order valence-electron chi connectivity index (χ1n) is 6.32. The fourth-order valence-corrected chi connectivity index (χ4v) is 1.96. The number of rotatable bonds is 4. The molecule has 7 heteroatoms. The number of nitrogens with one attached hydrogen (secondary N) is 1. The van der Waals surface area contributed by atoms with Crippen molar-refractivity contribution < 1.29 is 4.42 Å². The molecule has 0 amide bonds. The molecule has 0 unspecified atom stereocenters. The maximum atomic E-state index is 8.72. The van der Waals surface area contributed by atoms with Crippen LogP contribution in [0.3, 0.4) is 0 Å². The Morgan fingerprint density at radius 1 is 1.33 bits per heavy atom. The van der Waals surface area contributed by atoms with E-state index in [1.165, 1.54) is 0 Å². The summed E-state index contributed by atoms with van der Waals surface area (Å²) >= 11 is 0. The summed E-state index contributed by atoms with van der Waals surface area (Å²) in [4.78, 5) is 0. The van der Waals surface area contributed by atoms with E-state index in [0.29, 0.717) is 23.9 Å². The molecule has 0 saturated heterocycles. The second-order valence-corrected chi connectivity index (χ2v) is 4.44. The second-order valence-electron chi connectivity index (χ2n) is 4.44. The van der Waals surface area contributed by atoms with Crippen molar-refractivity contribution in [3.8, 4) is 17.5 Å². The van der Waals surface area contributed by atoms with Crippen LogP contribution in [-0.4, -0.2) is 20.2 Å². The summed E-state index contributed by atoms with van der Waals surface area (Å²) in [6, 6.07) is 13.2. The molecule has 104 valence electrons. The number of furan rings is 1. The van der Waals surface area contributed by atoms with E-state index >= 15 is 0 Å². The number of hydrogen-bond donors (Lipinski definition) is 1. The van der Waals surface area contributed by atoms with E-state index in [1.54, 1.807) is 23.9 Å². The summed E-state index contributed by atoms with van der Waals surface area (Å²) in [6.07, 6.45) is 0. The molecule has 0 aliphatic carbocycles. The average Bonchev–Trinajstić information content (AvgIpc) is 3.14. The van der Waals surface area contributed by atoms with Gasteiger partial charge in [-0.3, -0.25) is 0 Å². The Labute approximate surface area is 120 Å². The summed E-state index contributed by atoms with van der Waals surface area (Å²) < 4.78 is 6.93. The van der Waals surface area contributed by atoms with Gasteiger partial charge < -0.3 is 9.73 Å². The minimum Gasteiger partial charge on any atom is -0.449 e. The lowest BCUT2D eigenvalue weighted by Gasteiger charge is -2.06. The van der Waals surface area contributed by atoms with Crippen molar-refractivity contribution in [2.24, 2.45) is 7.05 Å². The zero-order chi connectivity index (χ0) is 14.7. The predicted octanol–water partition coefficient (Wildman–Crippen LogP) is 1.95. The van der Waals surface area contributed by atoms with Crippen molar-refractivity contribution in [3.05, 3.63) is 47.9 Å². The van der Waals surface area contributed by atoms with E-state index in [-0.39, 0.29) is 0 Å². The van der Waals surface area contributed by atoms with E-state index in [4.69, 9.17) is 9.68 Å². The highest BCUT2D eigenvalue weighted by Crippen LogP contribution is 2.20. The molecule has 0 aliphatic rings. The van der Waals surface area contributed by atoms with Crippen LogP contribution >= 0.6 is 0 Å². The molecule has 0 spiro atoms. The third-order valence-electron chi connectivity index (χ3n) is 2.98. The minimum absolute atomic E-state index is 0.311. The Morgan fingerprint density at radius 2 is 2.24 bits per heavy atom. The van der Waals surface area contributed by atoms with Gasteiger partial charge in [-0.15, -0.1) is 5.10 Å². The molecule has 0 bridgehead atoms. The van der Waals surface area contributed by atoms with Gasteiger partial charge in [0.15, 0.2) is 5.82 Å². The van der Waals surface area contributed by atoms with Crippen LogP contribution in [0.2, 0.25) is 0 Å². The van der Waals surface area contributed by atoms with Gasteiger partial charge in [-0.05, 0) is 34.7 Å². The smallest absolute Gasteiger partial charge is 0.203 e. The van der Waals surface area contributed by atoms with Crippen LogP contribution in [-0.2, 0) is 13.6 Å². The lowest BCUT2D eigenvalue weighted by atomic mass is 10.2. The topological polar surface area (TPSA) is 92.6 Å². The molecular formula is C14H12N6O. The van der Waals surface area contributed by atoms with Gasteiger partial charge in [-0.25, -0.2) is 4.68 Å². The molecule has 0 atom stereocenters. The second kappa shape index (κ2) is 5.46. The highest BCUT2D eigenvalue weighted by Gasteiger charge is 2.06. The van der Waals surface area contributed by atoms with Gasteiger partial charge in [0.1, 0.15) is 11.8 Å². The monoisotopic (exact) mass is 280 g/mol. The summed E-state index contributed by atoms with van der Waals surface area (Å²) in [6.45, 7) is 0.502. The van der Waals surface area contributed by atoms with Gasteiger partial charge in [0.05, 0.1) is 6.54 Å². The zero-order valence-electron chi connectivity index (χ0n) is 11.3. The number of hydrogen-bond acceptors (Lipinski definition) is 6. The number of nitriles is 1. The number of aromatic nitrogens is 4. The van der Waals surface area contributed by atoms with Crippen LogP contribution in [0.4, 0.5) is 5.69 Å². The SMILES string of the molecule is Cn1nnnc1-c1cccc(NCc2ccc(C#N)o2)c1. The van der Waals surface area contributed by atoms with Gasteiger partial charge in [0.2, 0.25) is 5.76 Å². The fourth-order valence-electron chi connectivity index (χ4n) is 1.96.